The summed E-state index contributed by atoms with van der Waals surface area (Å²) in [4.78, 5) is 18.2. The molecule has 0 unspecified atom stereocenters. The largest absolute Gasteiger partial charge is 0.484 e. The van der Waals surface area contributed by atoms with Crippen LogP contribution >= 0.6 is 23.2 Å². The second kappa shape index (κ2) is 9.82. The van der Waals surface area contributed by atoms with E-state index in [4.69, 9.17) is 32.5 Å². The molecule has 3 aromatic rings. The Labute approximate surface area is 184 Å². The molecule has 0 saturated carbocycles. The van der Waals surface area contributed by atoms with E-state index in [0.29, 0.717) is 40.4 Å². The minimum absolute atomic E-state index is 0.180. The van der Waals surface area contributed by atoms with Gasteiger partial charge in [0, 0.05) is 25.0 Å². The van der Waals surface area contributed by atoms with Gasteiger partial charge in [-0.25, -0.2) is 4.79 Å². The highest BCUT2D eigenvalue weighted by Gasteiger charge is 2.14. The van der Waals surface area contributed by atoms with Crippen LogP contribution in [-0.4, -0.2) is 34.7 Å². The highest BCUT2D eigenvalue weighted by molar-refractivity contribution is 6.35. The SMILES string of the molecule is Cc1cc(C)cc(OCc2nc(CCN(C)C(=O)Nc3cc(Cl)ccc3Cl)no2)c1. The van der Waals surface area contributed by atoms with E-state index in [0.717, 1.165) is 16.9 Å². The van der Waals surface area contributed by atoms with E-state index in [1.54, 1.807) is 25.2 Å². The molecule has 0 bridgehead atoms. The number of carbonyl (C=O) groups excluding carboxylic acids is 1. The van der Waals surface area contributed by atoms with E-state index in [1.807, 2.05) is 26.0 Å². The van der Waals surface area contributed by atoms with Crippen LogP contribution in [0.2, 0.25) is 10.0 Å². The van der Waals surface area contributed by atoms with E-state index in [9.17, 15) is 4.79 Å². The molecule has 0 radical (unpaired) electrons. The van der Waals surface area contributed by atoms with Crippen molar-refractivity contribution in [1.82, 2.24) is 15.0 Å². The third kappa shape index (κ3) is 6.11. The van der Waals surface area contributed by atoms with Crippen LogP contribution in [0.1, 0.15) is 22.8 Å². The van der Waals surface area contributed by atoms with Gasteiger partial charge in [0.15, 0.2) is 12.4 Å². The summed E-state index contributed by atoms with van der Waals surface area (Å²) < 4.78 is 11.0. The van der Waals surface area contributed by atoms with Crippen LogP contribution < -0.4 is 10.1 Å². The molecule has 30 heavy (non-hydrogen) atoms. The predicted molar refractivity (Wildman–Crippen MR) is 116 cm³/mol. The molecule has 3 rings (SSSR count). The number of nitrogens with one attached hydrogen (secondary N) is 1. The van der Waals surface area contributed by atoms with Crippen molar-refractivity contribution < 1.29 is 14.1 Å². The van der Waals surface area contributed by atoms with Crippen molar-refractivity contribution in [3.05, 3.63) is 69.3 Å². The molecule has 2 aromatic carbocycles. The number of aryl methyl sites for hydroxylation is 2. The van der Waals surface area contributed by atoms with Crippen molar-refractivity contribution in [2.24, 2.45) is 0 Å². The van der Waals surface area contributed by atoms with Gasteiger partial charge in [0.25, 0.3) is 5.89 Å². The number of nitrogens with zero attached hydrogens (tertiary/aromatic N) is 3. The normalized spacial score (nSPS) is 10.7. The third-order valence-corrected chi connectivity index (χ3v) is 4.82. The van der Waals surface area contributed by atoms with Crippen molar-refractivity contribution in [2.45, 2.75) is 26.9 Å². The number of benzene rings is 2. The van der Waals surface area contributed by atoms with Gasteiger partial charge in [0.05, 0.1) is 10.7 Å². The first kappa shape index (κ1) is 21.9. The van der Waals surface area contributed by atoms with Gasteiger partial charge in [-0.05, 0) is 55.3 Å². The number of rotatable bonds is 7. The molecule has 0 saturated heterocycles. The Bertz CT molecular complexity index is 1020. The molecule has 1 N–H and O–H groups in total. The van der Waals surface area contributed by atoms with Crippen LogP contribution in [0, 0.1) is 13.8 Å². The summed E-state index contributed by atoms with van der Waals surface area (Å²) in [6, 6.07) is 10.5. The highest BCUT2D eigenvalue weighted by atomic mass is 35.5. The Balaban J connectivity index is 1.49. The van der Waals surface area contributed by atoms with E-state index in [2.05, 4.69) is 21.5 Å². The van der Waals surface area contributed by atoms with Crippen LogP contribution in [0.3, 0.4) is 0 Å². The number of hydrogen-bond acceptors (Lipinski definition) is 5. The van der Waals surface area contributed by atoms with Crippen molar-refractivity contribution in [3.63, 3.8) is 0 Å². The van der Waals surface area contributed by atoms with Crippen LogP contribution in [0.4, 0.5) is 10.5 Å². The fourth-order valence-electron chi connectivity index (χ4n) is 2.78. The fourth-order valence-corrected chi connectivity index (χ4v) is 3.12. The first-order valence-electron chi connectivity index (χ1n) is 9.30. The van der Waals surface area contributed by atoms with Gasteiger partial charge in [-0.3, -0.25) is 0 Å². The minimum Gasteiger partial charge on any atom is -0.484 e. The van der Waals surface area contributed by atoms with Crippen LogP contribution in [0.15, 0.2) is 40.9 Å². The van der Waals surface area contributed by atoms with Crippen molar-refractivity contribution in [2.75, 3.05) is 18.9 Å². The molecule has 0 aliphatic rings. The minimum atomic E-state index is -0.318. The average molecular weight is 449 g/mol. The maximum atomic E-state index is 12.3. The van der Waals surface area contributed by atoms with E-state index in [-0.39, 0.29) is 12.6 Å². The topological polar surface area (TPSA) is 80.5 Å². The lowest BCUT2D eigenvalue weighted by Gasteiger charge is -2.17. The number of amides is 2. The molecular weight excluding hydrogens is 427 g/mol. The smallest absolute Gasteiger partial charge is 0.321 e. The maximum absolute atomic E-state index is 12.3. The zero-order valence-electron chi connectivity index (χ0n) is 16.9. The average Bonchev–Trinajstić information content (AvgIpc) is 3.14. The zero-order valence-corrected chi connectivity index (χ0v) is 18.4. The van der Waals surface area contributed by atoms with Gasteiger partial charge < -0.3 is 19.5 Å². The second-order valence-electron chi connectivity index (χ2n) is 6.94. The lowest BCUT2D eigenvalue weighted by Crippen LogP contribution is -2.33. The number of aromatic nitrogens is 2. The number of carbonyl (C=O) groups is 1. The molecular formula is C21H22Cl2N4O3. The third-order valence-electron chi connectivity index (χ3n) is 4.26. The number of anilines is 1. The van der Waals surface area contributed by atoms with Crippen LogP contribution in [-0.2, 0) is 13.0 Å². The standard InChI is InChI=1S/C21H22Cl2N4O3/c1-13-8-14(2)10-16(9-13)29-12-20-25-19(26-30-20)6-7-27(3)21(28)24-18-11-15(22)4-5-17(18)23/h4-5,8-11H,6-7,12H2,1-3H3,(H,24,28). The molecule has 158 valence electrons. The molecule has 0 spiro atoms. The molecule has 2 amide bonds. The Kier molecular flexibility index (Phi) is 7.18. The monoisotopic (exact) mass is 448 g/mol. The molecule has 7 nitrogen and oxygen atoms in total. The van der Waals surface area contributed by atoms with E-state index < -0.39 is 0 Å². The molecule has 9 heteroatoms. The van der Waals surface area contributed by atoms with Gasteiger partial charge >= 0.3 is 6.03 Å². The number of likely N-dealkylation sites (N-methyl/N-ethyl adjacent to an activating group) is 1. The summed E-state index contributed by atoms with van der Waals surface area (Å²) in [6.45, 7) is 4.59. The number of hydrogen-bond donors (Lipinski definition) is 1. The van der Waals surface area contributed by atoms with E-state index >= 15 is 0 Å². The molecule has 1 heterocycles. The molecule has 1 aromatic heterocycles. The Morgan fingerprint density at radius 1 is 1.17 bits per heavy atom. The Morgan fingerprint density at radius 3 is 2.63 bits per heavy atom. The van der Waals surface area contributed by atoms with Crippen molar-refractivity contribution >= 4 is 34.9 Å². The van der Waals surface area contributed by atoms with Crippen molar-refractivity contribution in [3.8, 4) is 5.75 Å². The summed E-state index contributed by atoms with van der Waals surface area (Å²) in [5.41, 5.74) is 2.69. The Morgan fingerprint density at radius 2 is 1.90 bits per heavy atom. The Hall–Kier alpha value is -2.77. The lowest BCUT2D eigenvalue weighted by atomic mass is 10.1. The van der Waals surface area contributed by atoms with Gasteiger partial charge in [0.1, 0.15) is 5.75 Å². The molecule has 0 atom stereocenters. The number of halogens is 2. The highest BCUT2D eigenvalue weighted by Crippen LogP contribution is 2.25. The second-order valence-corrected chi connectivity index (χ2v) is 7.79. The lowest BCUT2D eigenvalue weighted by molar-refractivity contribution is 0.222. The van der Waals surface area contributed by atoms with Gasteiger partial charge in [-0.15, -0.1) is 0 Å². The molecule has 0 aliphatic carbocycles. The predicted octanol–water partition coefficient (Wildman–Crippen LogP) is 5.28. The summed E-state index contributed by atoms with van der Waals surface area (Å²) in [5, 5.41) is 7.56. The van der Waals surface area contributed by atoms with E-state index in [1.165, 1.54) is 4.90 Å². The summed E-state index contributed by atoms with van der Waals surface area (Å²) in [7, 11) is 1.66. The summed E-state index contributed by atoms with van der Waals surface area (Å²) >= 11 is 12.0. The first-order chi connectivity index (χ1) is 14.3. The number of urea groups is 1. The van der Waals surface area contributed by atoms with Crippen molar-refractivity contribution in [1.29, 1.82) is 0 Å². The molecule has 0 aliphatic heterocycles. The summed E-state index contributed by atoms with van der Waals surface area (Å²) in [5.74, 6) is 1.62. The fraction of sp³-hybridized carbons (Fsp3) is 0.286. The van der Waals surface area contributed by atoms with Crippen LogP contribution in [0.5, 0.6) is 5.75 Å². The van der Waals surface area contributed by atoms with Crippen LogP contribution in [0.25, 0.3) is 0 Å². The zero-order chi connectivity index (χ0) is 21.7. The quantitative estimate of drug-likeness (QED) is 0.531. The maximum Gasteiger partial charge on any atom is 0.321 e. The van der Waals surface area contributed by atoms with Gasteiger partial charge in [-0.2, -0.15) is 4.98 Å². The van der Waals surface area contributed by atoms with Gasteiger partial charge in [0.2, 0.25) is 0 Å². The molecule has 0 fully saturated rings. The summed E-state index contributed by atoms with van der Waals surface area (Å²) in [6.07, 6.45) is 0.431. The first-order valence-corrected chi connectivity index (χ1v) is 10.1. The van der Waals surface area contributed by atoms with Gasteiger partial charge in [-0.1, -0.05) is 34.4 Å². The number of ether oxygens (including phenoxy) is 1.